The number of thioether (sulfide) groups is 1. The molecule has 1 atom stereocenters. The molecule has 7 heteroatoms. The van der Waals surface area contributed by atoms with Gasteiger partial charge >= 0.3 is 0 Å². The molecular formula is C17H12BrClN2O2S. The molecule has 1 heterocycles. The van der Waals surface area contributed by atoms with E-state index in [1.807, 2.05) is 31.2 Å². The lowest BCUT2D eigenvalue weighted by Gasteiger charge is -2.07. The zero-order valence-electron chi connectivity index (χ0n) is 12.6. The highest BCUT2D eigenvalue weighted by Crippen LogP contribution is 2.28. The monoisotopic (exact) mass is 422 g/mol. The molecule has 0 fully saturated rings. The van der Waals surface area contributed by atoms with E-state index in [0.29, 0.717) is 21.7 Å². The molecule has 0 amide bonds. The predicted molar refractivity (Wildman–Crippen MR) is 98.5 cm³/mol. The van der Waals surface area contributed by atoms with Crippen molar-refractivity contribution >= 4 is 45.1 Å². The van der Waals surface area contributed by atoms with E-state index in [0.717, 1.165) is 10.0 Å². The van der Waals surface area contributed by atoms with E-state index < -0.39 is 0 Å². The number of hydrogen-bond donors (Lipinski definition) is 0. The van der Waals surface area contributed by atoms with Crippen molar-refractivity contribution in [2.45, 2.75) is 17.4 Å². The first-order valence-corrected chi connectivity index (χ1v) is 9.14. The molecule has 0 bridgehead atoms. The Labute approximate surface area is 156 Å². The maximum Gasteiger partial charge on any atom is 0.277 e. The molecule has 122 valence electrons. The summed E-state index contributed by atoms with van der Waals surface area (Å²) < 4.78 is 6.61. The highest BCUT2D eigenvalue weighted by Gasteiger charge is 2.20. The molecule has 24 heavy (non-hydrogen) atoms. The third-order valence-electron chi connectivity index (χ3n) is 3.27. The van der Waals surface area contributed by atoms with Gasteiger partial charge < -0.3 is 4.42 Å². The van der Waals surface area contributed by atoms with Gasteiger partial charge in [-0.05, 0) is 55.5 Å². The smallest absolute Gasteiger partial charge is 0.277 e. The summed E-state index contributed by atoms with van der Waals surface area (Å²) in [6, 6.07) is 14.4. The van der Waals surface area contributed by atoms with Gasteiger partial charge in [-0.2, -0.15) is 0 Å². The van der Waals surface area contributed by atoms with Crippen molar-refractivity contribution in [1.82, 2.24) is 10.2 Å². The van der Waals surface area contributed by atoms with Crippen LogP contribution in [0.2, 0.25) is 5.02 Å². The Bertz CT molecular complexity index is 850. The van der Waals surface area contributed by atoms with E-state index in [9.17, 15) is 4.79 Å². The van der Waals surface area contributed by atoms with Crippen molar-refractivity contribution < 1.29 is 9.21 Å². The van der Waals surface area contributed by atoms with Gasteiger partial charge in [0.1, 0.15) is 0 Å². The molecule has 0 aliphatic rings. The lowest BCUT2D eigenvalue weighted by atomic mass is 10.1. The quantitative estimate of drug-likeness (QED) is 0.400. The van der Waals surface area contributed by atoms with E-state index in [2.05, 4.69) is 26.1 Å². The summed E-state index contributed by atoms with van der Waals surface area (Å²) in [7, 11) is 0. The molecule has 0 N–H and O–H groups in total. The van der Waals surface area contributed by atoms with Crippen LogP contribution in [-0.2, 0) is 0 Å². The van der Waals surface area contributed by atoms with Crippen LogP contribution in [-0.4, -0.2) is 21.2 Å². The number of hydrogen-bond acceptors (Lipinski definition) is 5. The minimum absolute atomic E-state index is 0.0138. The number of rotatable bonds is 5. The van der Waals surface area contributed by atoms with E-state index >= 15 is 0 Å². The highest BCUT2D eigenvalue weighted by molar-refractivity contribution is 9.10. The van der Waals surface area contributed by atoms with Crippen LogP contribution in [0.1, 0.15) is 17.3 Å². The third kappa shape index (κ3) is 4.06. The fourth-order valence-corrected chi connectivity index (χ4v) is 3.17. The minimum Gasteiger partial charge on any atom is -0.411 e. The molecular weight excluding hydrogens is 412 g/mol. The molecule has 0 aliphatic heterocycles. The molecule has 1 unspecified atom stereocenters. The summed E-state index contributed by atoms with van der Waals surface area (Å²) in [4.78, 5) is 12.4. The van der Waals surface area contributed by atoms with Crippen molar-refractivity contribution in [2.75, 3.05) is 0 Å². The molecule has 3 aromatic rings. The molecule has 0 spiro atoms. The van der Waals surface area contributed by atoms with Crippen molar-refractivity contribution in [3.05, 3.63) is 63.6 Å². The summed E-state index contributed by atoms with van der Waals surface area (Å²) in [5.41, 5.74) is 1.43. The van der Waals surface area contributed by atoms with Crippen LogP contribution in [0, 0.1) is 0 Å². The molecule has 4 nitrogen and oxygen atoms in total. The van der Waals surface area contributed by atoms with Crippen LogP contribution in [0.25, 0.3) is 11.5 Å². The number of ketones is 1. The first-order chi connectivity index (χ1) is 11.5. The summed E-state index contributed by atoms with van der Waals surface area (Å²) in [5, 5.41) is 8.66. The van der Waals surface area contributed by atoms with Gasteiger partial charge in [0, 0.05) is 20.6 Å². The summed E-state index contributed by atoms with van der Waals surface area (Å²) in [6.45, 7) is 1.81. The molecule has 0 saturated heterocycles. The molecule has 0 saturated carbocycles. The van der Waals surface area contributed by atoms with Crippen LogP contribution in [0.4, 0.5) is 0 Å². The number of carbonyl (C=O) groups is 1. The van der Waals surface area contributed by atoms with Crippen molar-refractivity contribution in [3.63, 3.8) is 0 Å². The molecule has 3 rings (SSSR count). The van der Waals surface area contributed by atoms with Gasteiger partial charge in [0.15, 0.2) is 5.78 Å². The predicted octanol–water partition coefficient (Wildman–Crippen LogP) is 5.52. The van der Waals surface area contributed by atoms with Gasteiger partial charge in [-0.1, -0.05) is 39.3 Å². The van der Waals surface area contributed by atoms with Crippen LogP contribution in [0.5, 0.6) is 0 Å². The van der Waals surface area contributed by atoms with Crippen molar-refractivity contribution in [1.29, 1.82) is 0 Å². The Balaban J connectivity index is 1.70. The highest BCUT2D eigenvalue weighted by atomic mass is 79.9. The largest absolute Gasteiger partial charge is 0.411 e. The number of aromatic nitrogens is 2. The first kappa shape index (κ1) is 17.2. The van der Waals surface area contributed by atoms with E-state index in [4.69, 9.17) is 16.0 Å². The Morgan fingerprint density at radius 1 is 1.12 bits per heavy atom. The molecule has 0 aliphatic carbocycles. The fraction of sp³-hybridized carbons (Fsp3) is 0.118. The number of halogens is 2. The Morgan fingerprint density at radius 2 is 1.79 bits per heavy atom. The number of nitrogens with zero attached hydrogens (tertiary/aromatic N) is 2. The molecule has 2 aromatic carbocycles. The summed E-state index contributed by atoms with van der Waals surface area (Å²) >= 11 is 10.5. The summed E-state index contributed by atoms with van der Waals surface area (Å²) in [6.07, 6.45) is 0. The third-order valence-corrected chi connectivity index (χ3v) is 4.99. The number of Topliss-reactive ketones (excluding diaryl/α,β-unsaturated/α-hetero) is 1. The normalized spacial score (nSPS) is 12.1. The standard InChI is InChI=1S/C17H12BrClN2O2S/c1-10(15(22)11-4-8-14(19)9-5-11)24-17-21-20-16(23-17)12-2-6-13(18)7-3-12/h2-10H,1H3. The van der Waals surface area contributed by atoms with Gasteiger partial charge in [0.05, 0.1) is 5.25 Å². The number of carbonyl (C=O) groups excluding carboxylic acids is 1. The minimum atomic E-state index is -0.343. The van der Waals surface area contributed by atoms with Gasteiger partial charge in [-0.3, -0.25) is 4.79 Å². The van der Waals surface area contributed by atoms with Crippen LogP contribution in [0.15, 0.2) is 62.6 Å². The lowest BCUT2D eigenvalue weighted by Crippen LogP contribution is -2.13. The van der Waals surface area contributed by atoms with E-state index in [-0.39, 0.29) is 11.0 Å². The summed E-state index contributed by atoms with van der Waals surface area (Å²) in [5.74, 6) is 0.413. The average Bonchev–Trinajstić information content (AvgIpc) is 3.04. The zero-order chi connectivity index (χ0) is 17.1. The molecule has 0 radical (unpaired) electrons. The van der Waals surface area contributed by atoms with Gasteiger partial charge in [-0.15, -0.1) is 10.2 Å². The average molecular weight is 424 g/mol. The second-order valence-electron chi connectivity index (χ2n) is 5.01. The topological polar surface area (TPSA) is 56.0 Å². The lowest BCUT2D eigenvalue weighted by molar-refractivity contribution is 0.0993. The van der Waals surface area contributed by atoms with Crippen LogP contribution >= 0.6 is 39.3 Å². The van der Waals surface area contributed by atoms with Crippen molar-refractivity contribution in [3.8, 4) is 11.5 Å². The maximum absolute atomic E-state index is 12.4. The SMILES string of the molecule is CC(Sc1nnc(-c2ccc(Br)cc2)o1)C(=O)c1ccc(Cl)cc1. The first-order valence-electron chi connectivity index (χ1n) is 7.09. The Kier molecular flexibility index (Phi) is 5.38. The zero-order valence-corrected chi connectivity index (χ0v) is 15.7. The Hall–Kier alpha value is -1.63. The maximum atomic E-state index is 12.4. The van der Waals surface area contributed by atoms with E-state index in [1.54, 1.807) is 24.3 Å². The second kappa shape index (κ2) is 7.51. The second-order valence-corrected chi connectivity index (χ2v) is 7.66. The van der Waals surface area contributed by atoms with Crippen LogP contribution < -0.4 is 0 Å². The van der Waals surface area contributed by atoms with Crippen molar-refractivity contribution in [2.24, 2.45) is 0 Å². The molecule has 1 aromatic heterocycles. The van der Waals surface area contributed by atoms with Gasteiger partial charge in [0.25, 0.3) is 5.22 Å². The Morgan fingerprint density at radius 3 is 2.46 bits per heavy atom. The fourth-order valence-electron chi connectivity index (χ4n) is 2.02. The van der Waals surface area contributed by atoms with Gasteiger partial charge in [-0.25, -0.2) is 0 Å². The van der Waals surface area contributed by atoms with Gasteiger partial charge in [0.2, 0.25) is 5.89 Å². The van der Waals surface area contributed by atoms with E-state index in [1.165, 1.54) is 11.8 Å². The van der Waals surface area contributed by atoms with Crippen LogP contribution in [0.3, 0.4) is 0 Å². The number of benzene rings is 2.